The van der Waals surface area contributed by atoms with Crippen LogP contribution < -0.4 is 16.0 Å². The van der Waals surface area contributed by atoms with Crippen molar-refractivity contribution >= 4 is 11.8 Å². The fourth-order valence-electron chi connectivity index (χ4n) is 1.12. The average Bonchev–Trinajstić information content (AvgIpc) is 2.21. The molecule has 0 fully saturated rings. The highest BCUT2D eigenvalue weighted by Crippen LogP contribution is 1.80. The van der Waals surface area contributed by atoms with Crippen molar-refractivity contribution in [2.75, 3.05) is 46.8 Å². The van der Waals surface area contributed by atoms with Gasteiger partial charge in [0.25, 0.3) is 0 Å². The van der Waals surface area contributed by atoms with Gasteiger partial charge in [0.1, 0.15) is 0 Å². The third-order valence-electron chi connectivity index (χ3n) is 1.98. The lowest BCUT2D eigenvalue weighted by molar-refractivity contribution is -0.122. The molecule has 0 aliphatic heterocycles. The summed E-state index contributed by atoms with van der Waals surface area (Å²) in [5.74, 6) is -0.107. The fourth-order valence-corrected chi connectivity index (χ4v) is 1.12. The van der Waals surface area contributed by atoms with Crippen molar-refractivity contribution in [3.05, 3.63) is 0 Å². The fraction of sp³-hybridized carbons (Fsp3) is 0.800. The summed E-state index contributed by atoms with van der Waals surface area (Å²) in [4.78, 5) is 23.9. The van der Waals surface area contributed by atoms with Crippen molar-refractivity contribution in [3.63, 3.8) is 0 Å². The van der Waals surface area contributed by atoms with E-state index < -0.39 is 0 Å². The molecule has 0 aliphatic carbocycles. The summed E-state index contributed by atoms with van der Waals surface area (Å²) in [6.45, 7) is 4.46. The molecule has 0 aromatic carbocycles. The highest BCUT2D eigenvalue weighted by molar-refractivity contribution is 5.78. The van der Waals surface area contributed by atoms with Gasteiger partial charge in [-0.3, -0.25) is 14.5 Å². The van der Waals surface area contributed by atoms with Crippen LogP contribution in [0.3, 0.4) is 0 Å². The molecule has 0 aromatic heterocycles. The minimum absolute atomic E-state index is 0.0241. The van der Waals surface area contributed by atoms with Crippen molar-refractivity contribution in [1.82, 2.24) is 20.9 Å². The molecule has 0 atom stereocenters. The SMILES string of the molecule is CNCCN(C)CC(=O)NCCNC(C)=O. The Hall–Kier alpha value is -1.14. The topological polar surface area (TPSA) is 73.5 Å². The van der Waals surface area contributed by atoms with Gasteiger partial charge >= 0.3 is 0 Å². The molecular weight excluding hydrogens is 208 g/mol. The predicted octanol–water partition coefficient (Wildman–Crippen LogP) is -1.61. The van der Waals surface area contributed by atoms with E-state index in [1.165, 1.54) is 6.92 Å². The molecular formula is C10H22N4O2. The van der Waals surface area contributed by atoms with Crippen molar-refractivity contribution < 1.29 is 9.59 Å². The van der Waals surface area contributed by atoms with Crippen molar-refractivity contribution in [2.24, 2.45) is 0 Å². The minimum Gasteiger partial charge on any atom is -0.355 e. The summed E-state index contributed by atoms with van der Waals surface area (Å²) < 4.78 is 0. The summed E-state index contributed by atoms with van der Waals surface area (Å²) in [5.41, 5.74) is 0. The van der Waals surface area contributed by atoms with Gasteiger partial charge in [-0.05, 0) is 14.1 Å². The van der Waals surface area contributed by atoms with E-state index in [2.05, 4.69) is 16.0 Å². The smallest absolute Gasteiger partial charge is 0.234 e. The van der Waals surface area contributed by atoms with Crippen LogP contribution in [0.1, 0.15) is 6.92 Å². The van der Waals surface area contributed by atoms with Crippen LogP contribution in [0.4, 0.5) is 0 Å². The first-order valence-electron chi connectivity index (χ1n) is 5.40. The Balaban J connectivity index is 3.46. The van der Waals surface area contributed by atoms with E-state index in [1.54, 1.807) is 0 Å². The lowest BCUT2D eigenvalue weighted by Gasteiger charge is -2.15. The van der Waals surface area contributed by atoms with Crippen LogP contribution in [0.15, 0.2) is 0 Å². The maximum atomic E-state index is 11.4. The molecule has 0 rings (SSSR count). The highest BCUT2D eigenvalue weighted by atomic mass is 16.2. The van der Waals surface area contributed by atoms with Crippen LogP contribution >= 0.6 is 0 Å². The zero-order valence-electron chi connectivity index (χ0n) is 10.3. The molecule has 0 heterocycles. The second-order valence-corrected chi connectivity index (χ2v) is 3.67. The van der Waals surface area contributed by atoms with Crippen molar-refractivity contribution in [1.29, 1.82) is 0 Å². The maximum absolute atomic E-state index is 11.4. The number of rotatable bonds is 8. The first-order valence-corrected chi connectivity index (χ1v) is 5.40. The molecule has 0 radical (unpaired) electrons. The Morgan fingerprint density at radius 2 is 1.75 bits per heavy atom. The lowest BCUT2D eigenvalue weighted by atomic mass is 10.4. The van der Waals surface area contributed by atoms with Gasteiger partial charge in [-0.15, -0.1) is 0 Å². The number of likely N-dealkylation sites (N-methyl/N-ethyl adjacent to an activating group) is 2. The van der Waals surface area contributed by atoms with Crippen LogP contribution in [-0.4, -0.2) is 63.5 Å². The quantitative estimate of drug-likeness (QED) is 0.439. The number of hydrogen-bond acceptors (Lipinski definition) is 4. The third kappa shape index (κ3) is 9.42. The predicted molar refractivity (Wildman–Crippen MR) is 63.1 cm³/mol. The van der Waals surface area contributed by atoms with E-state index in [9.17, 15) is 9.59 Å². The summed E-state index contributed by atoms with van der Waals surface area (Å²) in [7, 11) is 3.77. The monoisotopic (exact) mass is 230 g/mol. The first-order chi connectivity index (χ1) is 7.56. The third-order valence-corrected chi connectivity index (χ3v) is 1.98. The molecule has 0 bridgehead atoms. The van der Waals surface area contributed by atoms with E-state index in [0.717, 1.165) is 13.1 Å². The summed E-state index contributed by atoms with van der Waals surface area (Å²) in [6, 6.07) is 0. The van der Waals surface area contributed by atoms with E-state index in [1.807, 2.05) is 19.0 Å². The molecule has 16 heavy (non-hydrogen) atoms. The van der Waals surface area contributed by atoms with Crippen LogP contribution in [-0.2, 0) is 9.59 Å². The molecule has 6 heteroatoms. The zero-order valence-corrected chi connectivity index (χ0v) is 10.3. The van der Waals surface area contributed by atoms with Crippen molar-refractivity contribution in [2.45, 2.75) is 6.92 Å². The van der Waals surface area contributed by atoms with E-state index in [4.69, 9.17) is 0 Å². The number of carbonyl (C=O) groups is 2. The highest BCUT2D eigenvalue weighted by Gasteiger charge is 2.04. The van der Waals surface area contributed by atoms with E-state index >= 15 is 0 Å². The second-order valence-electron chi connectivity index (χ2n) is 3.67. The number of nitrogens with one attached hydrogen (secondary N) is 3. The number of carbonyl (C=O) groups excluding carboxylic acids is 2. The molecule has 3 N–H and O–H groups in total. The molecule has 0 aromatic rings. The Labute approximate surface area is 96.8 Å². The minimum atomic E-state index is -0.0830. The molecule has 0 saturated carbocycles. The molecule has 0 aliphatic rings. The largest absolute Gasteiger partial charge is 0.355 e. The lowest BCUT2D eigenvalue weighted by Crippen LogP contribution is -2.40. The maximum Gasteiger partial charge on any atom is 0.234 e. The Morgan fingerprint density at radius 3 is 2.31 bits per heavy atom. The van der Waals surface area contributed by atoms with Crippen LogP contribution in [0.25, 0.3) is 0 Å². The molecule has 0 spiro atoms. The number of amides is 2. The summed E-state index contributed by atoms with van der Waals surface area (Å²) in [5, 5.41) is 8.36. The van der Waals surface area contributed by atoms with E-state index in [0.29, 0.717) is 19.6 Å². The summed E-state index contributed by atoms with van der Waals surface area (Å²) in [6.07, 6.45) is 0. The van der Waals surface area contributed by atoms with Gasteiger partial charge in [0.2, 0.25) is 11.8 Å². The normalized spacial score (nSPS) is 10.2. The Kier molecular flexibility index (Phi) is 8.46. The van der Waals surface area contributed by atoms with Gasteiger partial charge in [-0.25, -0.2) is 0 Å². The molecule has 0 saturated heterocycles. The van der Waals surface area contributed by atoms with Gasteiger partial charge in [0.05, 0.1) is 6.54 Å². The van der Waals surface area contributed by atoms with Crippen LogP contribution in [0, 0.1) is 0 Å². The molecule has 2 amide bonds. The standard InChI is InChI=1S/C10H22N4O2/c1-9(15)12-4-5-13-10(16)8-14(3)7-6-11-2/h11H,4-8H2,1-3H3,(H,12,15)(H,13,16). The average molecular weight is 230 g/mol. The van der Waals surface area contributed by atoms with Gasteiger partial charge in [-0.1, -0.05) is 0 Å². The van der Waals surface area contributed by atoms with Gasteiger partial charge in [0, 0.05) is 33.1 Å². The van der Waals surface area contributed by atoms with Gasteiger partial charge in [-0.2, -0.15) is 0 Å². The molecule has 0 unspecified atom stereocenters. The zero-order chi connectivity index (χ0) is 12.4. The van der Waals surface area contributed by atoms with Gasteiger partial charge < -0.3 is 16.0 Å². The van der Waals surface area contributed by atoms with Gasteiger partial charge in [0.15, 0.2) is 0 Å². The number of nitrogens with zero attached hydrogens (tertiary/aromatic N) is 1. The number of hydrogen-bond donors (Lipinski definition) is 3. The summed E-state index contributed by atoms with van der Waals surface area (Å²) >= 11 is 0. The van der Waals surface area contributed by atoms with Crippen molar-refractivity contribution in [3.8, 4) is 0 Å². The second kappa shape index (κ2) is 9.11. The first kappa shape index (κ1) is 14.9. The Bertz CT molecular complexity index is 221. The van der Waals surface area contributed by atoms with Crippen LogP contribution in [0.5, 0.6) is 0 Å². The Morgan fingerprint density at radius 1 is 1.12 bits per heavy atom. The molecule has 94 valence electrons. The van der Waals surface area contributed by atoms with E-state index in [-0.39, 0.29) is 11.8 Å². The van der Waals surface area contributed by atoms with Crippen LogP contribution in [0.2, 0.25) is 0 Å². The molecule has 6 nitrogen and oxygen atoms in total.